The SMILES string of the molecule is Cc1ccccc1-c1nnc(SCc2noc(CCC(=O)Nc3ccc(Cl)cc3F)n2)o1. The van der Waals surface area contributed by atoms with E-state index in [-0.39, 0.29) is 29.5 Å². The number of benzene rings is 2. The number of carbonyl (C=O) groups is 1. The minimum absolute atomic E-state index is 0.0558. The molecular formula is C21H17ClFN5O3S. The summed E-state index contributed by atoms with van der Waals surface area (Å²) < 4.78 is 24.6. The van der Waals surface area contributed by atoms with E-state index in [0.29, 0.717) is 28.6 Å². The maximum Gasteiger partial charge on any atom is 0.277 e. The molecule has 2 aromatic heterocycles. The summed E-state index contributed by atoms with van der Waals surface area (Å²) in [7, 11) is 0. The van der Waals surface area contributed by atoms with E-state index in [4.69, 9.17) is 20.5 Å². The first-order valence-corrected chi connectivity index (χ1v) is 10.9. The second-order valence-corrected chi connectivity index (χ2v) is 8.12. The monoisotopic (exact) mass is 473 g/mol. The van der Waals surface area contributed by atoms with Gasteiger partial charge in [-0.05, 0) is 36.8 Å². The third-order valence-corrected chi connectivity index (χ3v) is 5.44. The van der Waals surface area contributed by atoms with Crippen LogP contribution in [0.1, 0.15) is 23.7 Å². The molecule has 0 fully saturated rings. The highest BCUT2D eigenvalue weighted by Crippen LogP contribution is 2.27. The molecule has 0 bridgehead atoms. The van der Waals surface area contributed by atoms with Crippen LogP contribution in [-0.4, -0.2) is 26.2 Å². The van der Waals surface area contributed by atoms with Crippen molar-refractivity contribution in [3.05, 3.63) is 70.6 Å². The van der Waals surface area contributed by atoms with E-state index >= 15 is 0 Å². The Hall–Kier alpha value is -3.24. The molecule has 0 unspecified atom stereocenters. The predicted octanol–water partition coefficient (Wildman–Crippen LogP) is 5.08. The van der Waals surface area contributed by atoms with Crippen LogP contribution in [0.3, 0.4) is 0 Å². The molecule has 0 saturated carbocycles. The number of carbonyl (C=O) groups excluding carboxylic acids is 1. The highest BCUT2D eigenvalue weighted by molar-refractivity contribution is 7.98. The Morgan fingerprint density at radius 1 is 1.22 bits per heavy atom. The fourth-order valence-electron chi connectivity index (χ4n) is 2.79. The molecule has 0 aliphatic rings. The van der Waals surface area contributed by atoms with Gasteiger partial charge in [0.05, 0.1) is 11.4 Å². The van der Waals surface area contributed by atoms with Gasteiger partial charge >= 0.3 is 0 Å². The summed E-state index contributed by atoms with van der Waals surface area (Å²) in [5, 5.41) is 15.1. The Balaban J connectivity index is 1.27. The third kappa shape index (κ3) is 5.51. The van der Waals surface area contributed by atoms with Crippen molar-refractivity contribution in [3.63, 3.8) is 0 Å². The molecule has 8 nitrogen and oxygen atoms in total. The molecule has 1 N–H and O–H groups in total. The second kappa shape index (κ2) is 9.92. The lowest BCUT2D eigenvalue weighted by Crippen LogP contribution is -2.13. The highest BCUT2D eigenvalue weighted by Gasteiger charge is 2.14. The molecule has 0 aliphatic carbocycles. The Labute approximate surface area is 191 Å². The Morgan fingerprint density at radius 2 is 2.06 bits per heavy atom. The molecule has 4 rings (SSSR count). The summed E-state index contributed by atoms with van der Waals surface area (Å²) in [6.45, 7) is 1.97. The van der Waals surface area contributed by atoms with Crippen LogP contribution >= 0.6 is 23.4 Å². The van der Waals surface area contributed by atoms with E-state index in [1.807, 2.05) is 31.2 Å². The zero-order valence-electron chi connectivity index (χ0n) is 16.8. The minimum atomic E-state index is -0.602. The average molecular weight is 474 g/mol. The van der Waals surface area contributed by atoms with Gasteiger partial charge in [-0.1, -0.05) is 46.7 Å². The van der Waals surface area contributed by atoms with Gasteiger partial charge in [0, 0.05) is 23.4 Å². The Bertz CT molecular complexity index is 1250. The van der Waals surface area contributed by atoms with Crippen LogP contribution in [0.5, 0.6) is 0 Å². The van der Waals surface area contributed by atoms with Gasteiger partial charge in [-0.15, -0.1) is 10.2 Å². The van der Waals surface area contributed by atoms with E-state index in [0.717, 1.165) is 17.2 Å². The Kier molecular flexibility index (Phi) is 6.81. The van der Waals surface area contributed by atoms with Gasteiger partial charge in [0.1, 0.15) is 5.82 Å². The van der Waals surface area contributed by atoms with Crippen LogP contribution in [-0.2, 0) is 17.0 Å². The molecular weight excluding hydrogens is 457 g/mol. The zero-order chi connectivity index (χ0) is 22.5. The molecule has 2 heterocycles. The first-order valence-electron chi connectivity index (χ1n) is 9.56. The Morgan fingerprint density at radius 3 is 2.88 bits per heavy atom. The van der Waals surface area contributed by atoms with Crippen LogP contribution in [0.25, 0.3) is 11.5 Å². The number of hydrogen-bond donors (Lipinski definition) is 1. The lowest BCUT2D eigenvalue weighted by atomic mass is 10.1. The van der Waals surface area contributed by atoms with Crippen molar-refractivity contribution >= 4 is 35.0 Å². The fourth-order valence-corrected chi connectivity index (χ4v) is 3.56. The van der Waals surface area contributed by atoms with Crippen molar-refractivity contribution in [2.24, 2.45) is 0 Å². The van der Waals surface area contributed by atoms with E-state index < -0.39 is 5.82 Å². The van der Waals surface area contributed by atoms with Crippen LogP contribution in [0.4, 0.5) is 10.1 Å². The van der Waals surface area contributed by atoms with E-state index in [1.54, 1.807) is 0 Å². The van der Waals surface area contributed by atoms with Gasteiger partial charge in [0.15, 0.2) is 5.82 Å². The summed E-state index contributed by atoms with van der Waals surface area (Å²) >= 11 is 6.98. The predicted molar refractivity (Wildman–Crippen MR) is 117 cm³/mol. The standard InChI is InChI=1S/C21H17ClFN5O3S/c1-12-4-2-3-5-14(12)20-26-27-21(30-20)32-11-17-25-19(31-28-17)9-8-18(29)24-16-7-6-13(22)10-15(16)23/h2-7,10H,8-9,11H2,1H3,(H,24,29). The van der Waals surface area contributed by atoms with Gasteiger partial charge in [0.2, 0.25) is 17.7 Å². The molecule has 1 amide bonds. The number of anilines is 1. The number of aryl methyl sites for hydroxylation is 2. The van der Waals surface area contributed by atoms with E-state index in [9.17, 15) is 9.18 Å². The maximum atomic E-state index is 13.8. The number of amides is 1. The number of aromatic nitrogens is 4. The molecule has 0 spiro atoms. The van der Waals surface area contributed by atoms with Gasteiger partial charge in [-0.25, -0.2) is 4.39 Å². The summed E-state index contributed by atoms with van der Waals surface area (Å²) in [5.74, 6) is 0.566. The second-order valence-electron chi connectivity index (χ2n) is 6.75. The van der Waals surface area contributed by atoms with Crippen molar-refractivity contribution in [1.29, 1.82) is 0 Å². The smallest absolute Gasteiger partial charge is 0.277 e. The van der Waals surface area contributed by atoms with Crippen LogP contribution < -0.4 is 5.32 Å². The number of hydrogen-bond acceptors (Lipinski definition) is 8. The maximum absolute atomic E-state index is 13.8. The summed E-state index contributed by atoms with van der Waals surface area (Å²) in [6, 6.07) is 11.8. The molecule has 0 aliphatic heterocycles. The average Bonchev–Trinajstić information content (AvgIpc) is 3.43. The van der Waals surface area contributed by atoms with Crippen molar-refractivity contribution < 1.29 is 18.1 Å². The lowest BCUT2D eigenvalue weighted by Gasteiger charge is -2.05. The topological polar surface area (TPSA) is 107 Å². The van der Waals surface area contributed by atoms with Crippen molar-refractivity contribution in [2.75, 3.05) is 5.32 Å². The van der Waals surface area contributed by atoms with Crippen molar-refractivity contribution in [1.82, 2.24) is 20.3 Å². The zero-order valence-corrected chi connectivity index (χ0v) is 18.4. The quantitative estimate of drug-likeness (QED) is 0.353. The van der Waals surface area contributed by atoms with Gasteiger partial charge in [-0.2, -0.15) is 4.98 Å². The summed E-state index contributed by atoms with van der Waals surface area (Å²) in [4.78, 5) is 16.3. The summed E-state index contributed by atoms with van der Waals surface area (Å²) in [6.07, 6.45) is 0.275. The minimum Gasteiger partial charge on any atom is -0.411 e. The van der Waals surface area contributed by atoms with E-state index in [2.05, 4.69) is 25.7 Å². The number of nitrogens with zero attached hydrogens (tertiary/aromatic N) is 4. The molecule has 4 aromatic rings. The van der Waals surface area contributed by atoms with Gasteiger partial charge in [0.25, 0.3) is 5.22 Å². The van der Waals surface area contributed by atoms with Gasteiger partial charge in [-0.3, -0.25) is 4.79 Å². The molecule has 11 heteroatoms. The number of nitrogens with one attached hydrogen (secondary N) is 1. The number of thioether (sulfide) groups is 1. The van der Waals surface area contributed by atoms with Crippen LogP contribution in [0.15, 0.2) is 56.6 Å². The van der Waals surface area contributed by atoms with Gasteiger partial charge < -0.3 is 14.3 Å². The first-order chi connectivity index (χ1) is 15.5. The normalized spacial score (nSPS) is 11.0. The van der Waals surface area contributed by atoms with Crippen molar-refractivity contribution in [2.45, 2.75) is 30.7 Å². The lowest BCUT2D eigenvalue weighted by molar-refractivity contribution is -0.116. The number of rotatable bonds is 8. The molecule has 2 aromatic carbocycles. The van der Waals surface area contributed by atoms with Crippen molar-refractivity contribution in [3.8, 4) is 11.5 Å². The number of halogens is 2. The highest BCUT2D eigenvalue weighted by atomic mass is 35.5. The molecule has 32 heavy (non-hydrogen) atoms. The third-order valence-electron chi connectivity index (χ3n) is 4.39. The van der Waals surface area contributed by atoms with Crippen LogP contribution in [0, 0.1) is 12.7 Å². The molecule has 0 atom stereocenters. The molecule has 0 saturated heterocycles. The first kappa shape index (κ1) is 22.0. The van der Waals surface area contributed by atoms with Crippen LogP contribution in [0.2, 0.25) is 5.02 Å². The van der Waals surface area contributed by atoms with E-state index in [1.165, 1.54) is 23.9 Å². The summed E-state index contributed by atoms with van der Waals surface area (Å²) in [5.41, 5.74) is 1.98. The molecule has 164 valence electrons. The molecule has 0 radical (unpaired) electrons. The fraction of sp³-hybridized carbons (Fsp3) is 0.190. The largest absolute Gasteiger partial charge is 0.411 e.